The van der Waals surface area contributed by atoms with Crippen molar-refractivity contribution in [1.29, 1.82) is 0 Å². The molecule has 0 fully saturated rings. The van der Waals surface area contributed by atoms with Crippen molar-refractivity contribution in [3.8, 4) is 0 Å². The molecule has 2 aromatic carbocycles. The monoisotopic (exact) mass is 369 g/mol. The summed E-state index contributed by atoms with van der Waals surface area (Å²) in [4.78, 5) is 37.7. The third-order valence-electron chi connectivity index (χ3n) is 4.02. The highest BCUT2D eigenvalue weighted by Crippen LogP contribution is 2.18. The van der Waals surface area contributed by atoms with Gasteiger partial charge in [0.2, 0.25) is 0 Å². The van der Waals surface area contributed by atoms with Crippen LogP contribution >= 0.6 is 0 Å². The lowest BCUT2D eigenvalue weighted by Crippen LogP contribution is -2.29. The summed E-state index contributed by atoms with van der Waals surface area (Å²) < 4.78 is 4.61. The molecule has 7 heteroatoms. The third kappa shape index (κ3) is 5.31. The summed E-state index contributed by atoms with van der Waals surface area (Å²) in [5.41, 5.74) is 2.34. The van der Waals surface area contributed by atoms with E-state index in [-0.39, 0.29) is 0 Å². The summed E-state index contributed by atoms with van der Waals surface area (Å²) in [5, 5.41) is 5.04. The van der Waals surface area contributed by atoms with Crippen LogP contribution in [0.1, 0.15) is 24.2 Å². The van der Waals surface area contributed by atoms with E-state index in [9.17, 15) is 14.4 Å². The lowest BCUT2D eigenvalue weighted by molar-refractivity contribution is -0.132. The molecule has 0 aromatic heterocycles. The topological polar surface area (TPSA) is 87.7 Å². The maximum Gasteiger partial charge on any atom is 0.337 e. The molecule has 0 saturated heterocycles. The van der Waals surface area contributed by atoms with Crippen LogP contribution in [0.15, 0.2) is 48.5 Å². The molecule has 0 aliphatic rings. The SMILES string of the molecule is CCN(CC)c1ccc(NC(=O)C(=O)Nc2ccc(C(=O)OC)cc2)cc1. The Kier molecular flexibility index (Phi) is 6.93. The van der Waals surface area contributed by atoms with Crippen LogP contribution < -0.4 is 15.5 Å². The molecule has 142 valence electrons. The molecule has 0 aliphatic heterocycles. The minimum Gasteiger partial charge on any atom is -0.465 e. The second-order valence-electron chi connectivity index (χ2n) is 5.70. The number of nitrogens with zero attached hydrogens (tertiary/aromatic N) is 1. The Hall–Kier alpha value is -3.35. The number of anilines is 3. The number of rotatable bonds is 6. The Labute approximate surface area is 158 Å². The quantitative estimate of drug-likeness (QED) is 0.604. The molecule has 7 nitrogen and oxygen atoms in total. The van der Waals surface area contributed by atoms with Gasteiger partial charge in [0.15, 0.2) is 0 Å². The van der Waals surface area contributed by atoms with E-state index < -0.39 is 17.8 Å². The molecule has 0 unspecified atom stereocenters. The number of amides is 2. The fourth-order valence-corrected chi connectivity index (χ4v) is 2.53. The lowest BCUT2D eigenvalue weighted by atomic mass is 10.2. The Morgan fingerprint density at radius 2 is 1.26 bits per heavy atom. The minimum absolute atomic E-state index is 0.355. The lowest BCUT2D eigenvalue weighted by Gasteiger charge is -2.21. The Bertz CT molecular complexity index is 797. The summed E-state index contributed by atoms with van der Waals surface area (Å²) in [6.07, 6.45) is 0. The van der Waals surface area contributed by atoms with Crippen LogP contribution in [-0.2, 0) is 14.3 Å². The largest absolute Gasteiger partial charge is 0.465 e. The van der Waals surface area contributed by atoms with Crippen LogP contribution in [0.4, 0.5) is 17.1 Å². The van der Waals surface area contributed by atoms with Gasteiger partial charge in [-0.3, -0.25) is 9.59 Å². The number of carbonyl (C=O) groups excluding carboxylic acids is 3. The molecule has 0 atom stereocenters. The Morgan fingerprint density at radius 1 is 0.815 bits per heavy atom. The van der Waals surface area contributed by atoms with Gasteiger partial charge in [-0.1, -0.05) is 0 Å². The van der Waals surface area contributed by atoms with E-state index >= 15 is 0 Å². The Balaban J connectivity index is 1.95. The van der Waals surface area contributed by atoms with Crippen LogP contribution in [0.25, 0.3) is 0 Å². The number of ether oxygens (including phenoxy) is 1. The maximum atomic E-state index is 12.1. The van der Waals surface area contributed by atoms with Gasteiger partial charge in [0.05, 0.1) is 12.7 Å². The molecule has 0 heterocycles. The van der Waals surface area contributed by atoms with E-state index in [1.165, 1.54) is 31.4 Å². The predicted octanol–water partition coefficient (Wildman–Crippen LogP) is 2.90. The molecule has 2 aromatic rings. The van der Waals surface area contributed by atoms with Gasteiger partial charge in [-0.2, -0.15) is 0 Å². The first-order valence-corrected chi connectivity index (χ1v) is 8.64. The van der Waals surface area contributed by atoms with Crippen LogP contribution in [0.5, 0.6) is 0 Å². The molecule has 2 N–H and O–H groups in total. The second-order valence-corrected chi connectivity index (χ2v) is 5.70. The van der Waals surface area contributed by atoms with Crippen LogP contribution in [0.3, 0.4) is 0 Å². The average molecular weight is 369 g/mol. The van der Waals surface area contributed by atoms with Gasteiger partial charge in [0.25, 0.3) is 0 Å². The van der Waals surface area contributed by atoms with Crippen molar-refractivity contribution < 1.29 is 19.1 Å². The van der Waals surface area contributed by atoms with Gasteiger partial charge >= 0.3 is 17.8 Å². The number of esters is 1. The van der Waals surface area contributed by atoms with Crippen molar-refractivity contribution in [3.63, 3.8) is 0 Å². The molecule has 2 rings (SSSR count). The number of hydrogen-bond donors (Lipinski definition) is 2. The van der Waals surface area contributed by atoms with E-state index in [0.717, 1.165) is 18.8 Å². The minimum atomic E-state index is -0.798. The van der Waals surface area contributed by atoms with Gasteiger partial charge in [-0.05, 0) is 62.4 Å². The smallest absolute Gasteiger partial charge is 0.337 e. The summed E-state index contributed by atoms with van der Waals surface area (Å²) in [6.45, 7) is 5.92. The first-order valence-electron chi connectivity index (χ1n) is 8.64. The zero-order valence-electron chi connectivity index (χ0n) is 15.6. The average Bonchev–Trinajstić information content (AvgIpc) is 2.70. The van der Waals surface area contributed by atoms with Crippen molar-refractivity contribution in [1.82, 2.24) is 0 Å². The van der Waals surface area contributed by atoms with E-state index in [0.29, 0.717) is 16.9 Å². The van der Waals surface area contributed by atoms with Crippen molar-refractivity contribution in [2.24, 2.45) is 0 Å². The first-order chi connectivity index (χ1) is 13.0. The highest BCUT2D eigenvalue weighted by atomic mass is 16.5. The highest BCUT2D eigenvalue weighted by molar-refractivity contribution is 6.43. The zero-order chi connectivity index (χ0) is 19.8. The summed E-state index contributed by atoms with van der Waals surface area (Å²) in [6, 6.07) is 13.4. The molecular weight excluding hydrogens is 346 g/mol. The molecule has 0 radical (unpaired) electrons. The maximum absolute atomic E-state index is 12.1. The summed E-state index contributed by atoms with van der Waals surface area (Å²) in [7, 11) is 1.29. The van der Waals surface area contributed by atoms with E-state index in [1.54, 1.807) is 12.1 Å². The highest BCUT2D eigenvalue weighted by Gasteiger charge is 2.15. The van der Waals surface area contributed by atoms with Crippen molar-refractivity contribution in [2.45, 2.75) is 13.8 Å². The van der Waals surface area contributed by atoms with Crippen molar-refractivity contribution in [2.75, 3.05) is 35.7 Å². The number of carbonyl (C=O) groups is 3. The molecule has 2 amide bonds. The van der Waals surface area contributed by atoms with Crippen LogP contribution in [-0.4, -0.2) is 38.0 Å². The Morgan fingerprint density at radius 3 is 1.67 bits per heavy atom. The van der Waals surface area contributed by atoms with Gasteiger partial charge in [-0.25, -0.2) is 4.79 Å². The van der Waals surface area contributed by atoms with E-state index in [1.807, 2.05) is 12.1 Å². The predicted molar refractivity (Wildman–Crippen MR) is 105 cm³/mol. The van der Waals surface area contributed by atoms with Gasteiger partial charge in [0.1, 0.15) is 0 Å². The van der Waals surface area contributed by atoms with Crippen molar-refractivity contribution >= 4 is 34.8 Å². The fraction of sp³-hybridized carbons (Fsp3) is 0.250. The van der Waals surface area contributed by atoms with Crippen LogP contribution in [0, 0.1) is 0 Å². The van der Waals surface area contributed by atoms with E-state index in [4.69, 9.17) is 0 Å². The molecule has 27 heavy (non-hydrogen) atoms. The standard InChI is InChI=1S/C20H23N3O4/c1-4-23(5-2)17-12-10-16(11-13-17)22-19(25)18(24)21-15-8-6-14(7-9-15)20(26)27-3/h6-13H,4-5H2,1-3H3,(H,21,24)(H,22,25). The van der Waals surface area contributed by atoms with Gasteiger partial charge in [0, 0.05) is 30.2 Å². The van der Waals surface area contributed by atoms with E-state index in [2.05, 4.69) is 34.1 Å². The molecular formula is C20H23N3O4. The molecule has 0 aliphatic carbocycles. The molecule has 0 spiro atoms. The second kappa shape index (κ2) is 9.38. The third-order valence-corrected chi connectivity index (χ3v) is 4.02. The van der Waals surface area contributed by atoms with Crippen LogP contribution in [0.2, 0.25) is 0 Å². The van der Waals surface area contributed by atoms with Gasteiger partial charge < -0.3 is 20.3 Å². The fourth-order valence-electron chi connectivity index (χ4n) is 2.53. The number of nitrogens with one attached hydrogen (secondary N) is 2. The number of methoxy groups -OCH3 is 1. The summed E-state index contributed by atoms with van der Waals surface area (Å²) >= 11 is 0. The molecule has 0 saturated carbocycles. The first kappa shape index (κ1) is 20.0. The normalized spacial score (nSPS) is 10.0. The molecule has 0 bridgehead atoms. The number of benzene rings is 2. The zero-order valence-corrected chi connectivity index (χ0v) is 15.6. The number of hydrogen-bond acceptors (Lipinski definition) is 5. The summed E-state index contributed by atoms with van der Waals surface area (Å²) in [5.74, 6) is -2.05. The van der Waals surface area contributed by atoms with Gasteiger partial charge in [-0.15, -0.1) is 0 Å². The van der Waals surface area contributed by atoms with Crippen molar-refractivity contribution in [3.05, 3.63) is 54.1 Å².